The summed E-state index contributed by atoms with van der Waals surface area (Å²) < 4.78 is 13.7. The Morgan fingerprint density at radius 2 is 1.90 bits per heavy atom. The van der Waals surface area contributed by atoms with Crippen LogP contribution in [0.25, 0.3) is 11.0 Å². The zero-order chi connectivity index (χ0) is 14.8. The van der Waals surface area contributed by atoms with Gasteiger partial charge in [-0.1, -0.05) is 23.7 Å². The minimum Gasteiger partial charge on any atom is -0.497 e. The standard InChI is InChI=1S/C15H14ClN3OS/c1-9(10-3-5-11(20-2)6-4-10)17-14-12(16)7-8-13-15(14)19-21-18-13/h3-9,17H,1-2H3. The second kappa shape index (κ2) is 5.87. The third-order valence-corrected chi connectivity index (χ3v) is 4.21. The van der Waals surface area contributed by atoms with Gasteiger partial charge in [-0.15, -0.1) is 0 Å². The first kappa shape index (κ1) is 14.1. The fraction of sp³-hybridized carbons (Fsp3) is 0.200. The molecule has 0 saturated carbocycles. The monoisotopic (exact) mass is 319 g/mol. The van der Waals surface area contributed by atoms with Crippen molar-refractivity contribution in [2.24, 2.45) is 0 Å². The van der Waals surface area contributed by atoms with E-state index in [9.17, 15) is 0 Å². The van der Waals surface area contributed by atoms with Crippen LogP contribution in [0.1, 0.15) is 18.5 Å². The van der Waals surface area contributed by atoms with Gasteiger partial charge in [0, 0.05) is 6.04 Å². The van der Waals surface area contributed by atoms with Gasteiger partial charge in [-0.3, -0.25) is 0 Å². The molecule has 1 unspecified atom stereocenters. The van der Waals surface area contributed by atoms with E-state index in [0.29, 0.717) is 5.02 Å². The maximum absolute atomic E-state index is 6.29. The van der Waals surface area contributed by atoms with Crippen LogP contribution in [0.3, 0.4) is 0 Å². The lowest BCUT2D eigenvalue weighted by Crippen LogP contribution is -2.07. The molecule has 108 valence electrons. The molecule has 0 radical (unpaired) electrons. The first-order valence-electron chi connectivity index (χ1n) is 6.50. The van der Waals surface area contributed by atoms with Gasteiger partial charge in [-0.05, 0) is 36.8 Å². The summed E-state index contributed by atoms with van der Waals surface area (Å²) in [6.45, 7) is 2.08. The van der Waals surface area contributed by atoms with Crippen molar-refractivity contribution < 1.29 is 4.74 Å². The summed E-state index contributed by atoms with van der Waals surface area (Å²) >= 11 is 7.48. The first-order valence-corrected chi connectivity index (χ1v) is 7.61. The highest BCUT2D eigenvalue weighted by Gasteiger charge is 2.13. The average Bonchev–Trinajstić information content (AvgIpc) is 2.99. The number of anilines is 1. The Morgan fingerprint density at radius 1 is 1.14 bits per heavy atom. The van der Waals surface area contributed by atoms with Crippen molar-refractivity contribution in [1.29, 1.82) is 0 Å². The van der Waals surface area contributed by atoms with Gasteiger partial charge >= 0.3 is 0 Å². The number of nitrogens with one attached hydrogen (secondary N) is 1. The van der Waals surface area contributed by atoms with E-state index in [1.54, 1.807) is 7.11 Å². The van der Waals surface area contributed by atoms with Gasteiger partial charge in [0.25, 0.3) is 0 Å². The zero-order valence-electron chi connectivity index (χ0n) is 11.6. The number of aromatic nitrogens is 2. The SMILES string of the molecule is COc1ccc(C(C)Nc2c(Cl)ccc3nsnc23)cc1. The van der Waals surface area contributed by atoms with E-state index in [4.69, 9.17) is 16.3 Å². The number of rotatable bonds is 4. The Labute approximate surface area is 132 Å². The van der Waals surface area contributed by atoms with E-state index < -0.39 is 0 Å². The molecular weight excluding hydrogens is 306 g/mol. The van der Waals surface area contributed by atoms with E-state index in [1.807, 2.05) is 36.4 Å². The third-order valence-electron chi connectivity index (χ3n) is 3.35. The van der Waals surface area contributed by atoms with Crippen molar-refractivity contribution in [2.45, 2.75) is 13.0 Å². The summed E-state index contributed by atoms with van der Waals surface area (Å²) in [5, 5.41) is 4.07. The minimum atomic E-state index is 0.0979. The van der Waals surface area contributed by atoms with Gasteiger partial charge in [-0.25, -0.2) is 0 Å². The molecule has 2 aromatic carbocycles. The highest BCUT2D eigenvalue weighted by Crippen LogP contribution is 2.33. The molecule has 0 saturated heterocycles. The number of halogens is 1. The third kappa shape index (κ3) is 2.80. The molecule has 0 aliphatic carbocycles. The number of hydrogen-bond acceptors (Lipinski definition) is 5. The van der Waals surface area contributed by atoms with Gasteiger partial charge in [-0.2, -0.15) is 8.75 Å². The summed E-state index contributed by atoms with van der Waals surface area (Å²) in [4.78, 5) is 0. The highest BCUT2D eigenvalue weighted by atomic mass is 35.5. The molecule has 0 aliphatic heterocycles. The van der Waals surface area contributed by atoms with Crippen LogP contribution in [0.15, 0.2) is 36.4 Å². The molecule has 1 aromatic heterocycles. The Bertz CT molecular complexity index is 757. The van der Waals surface area contributed by atoms with Crippen molar-refractivity contribution in [3.05, 3.63) is 47.0 Å². The Kier molecular flexibility index (Phi) is 3.94. The van der Waals surface area contributed by atoms with Crippen molar-refractivity contribution in [3.63, 3.8) is 0 Å². The average molecular weight is 320 g/mol. The van der Waals surface area contributed by atoms with Crippen LogP contribution in [0, 0.1) is 0 Å². The number of methoxy groups -OCH3 is 1. The van der Waals surface area contributed by atoms with Crippen LogP contribution in [0.5, 0.6) is 5.75 Å². The Morgan fingerprint density at radius 3 is 2.62 bits per heavy atom. The van der Waals surface area contributed by atoms with Crippen molar-refractivity contribution in [1.82, 2.24) is 8.75 Å². The van der Waals surface area contributed by atoms with E-state index in [1.165, 1.54) is 11.7 Å². The Balaban J connectivity index is 1.90. The maximum Gasteiger partial charge on any atom is 0.129 e. The molecular formula is C15H14ClN3OS. The van der Waals surface area contributed by atoms with Gasteiger partial charge in [0.05, 0.1) is 29.5 Å². The van der Waals surface area contributed by atoms with Gasteiger partial charge in [0.15, 0.2) is 0 Å². The molecule has 21 heavy (non-hydrogen) atoms. The van der Waals surface area contributed by atoms with Crippen LogP contribution in [0.4, 0.5) is 5.69 Å². The molecule has 0 amide bonds. The predicted molar refractivity (Wildman–Crippen MR) is 87.5 cm³/mol. The molecule has 1 atom stereocenters. The van der Waals surface area contributed by atoms with Crippen molar-refractivity contribution >= 4 is 40.0 Å². The highest BCUT2D eigenvalue weighted by molar-refractivity contribution is 7.00. The van der Waals surface area contributed by atoms with Crippen molar-refractivity contribution in [3.8, 4) is 5.75 Å². The number of ether oxygens (including phenoxy) is 1. The van der Waals surface area contributed by atoms with Gasteiger partial charge < -0.3 is 10.1 Å². The van der Waals surface area contributed by atoms with E-state index in [2.05, 4.69) is 21.0 Å². The molecule has 6 heteroatoms. The van der Waals surface area contributed by atoms with E-state index in [0.717, 1.165) is 28.0 Å². The second-order valence-electron chi connectivity index (χ2n) is 4.69. The number of nitrogens with zero attached hydrogens (tertiary/aromatic N) is 2. The molecule has 1 heterocycles. The van der Waals surface area contributed by atoms with Crippen molar-refractivity contribution in [2.75, 3.05) is 12.4 Å². The second-order valence-corrected chi connectivity index (χ2v) is 5.63. The van der Waals surface area contributed by atoms with Gasteiger partial charge in [0.2, 0.25) is 0 Å². The fourth-order valence-electron chi connectivity index (χ4n) is 2.16. The molecule has 3 aromatic rings. The Hall–Kier alpha value is -1.85. The van der Waals surface area contributed by atoms with Crippen LogP contribution in [-0.4, -0.2) is 15.9 Å². The summed E-state index contributed by atoms with van der Waals surface area (Å²) in [7, 11) is 1.66. The summed E-state index contributed by atoms with van der Waals surface area (Å²) in [6, 6.07) is 11.8. The van der Waals surface area contributed by atoms with Crippen LogP contribution in [0.2, 0.25) is 5.02 Å². The quantitative estimate of drug-likeness (QED) is 0.767. The van der Waals surface area contributed by atoms with Gasteiger partial charge in [0.1, 0.15) is 16.8 Å². The molecule has 3 rings (SSSR count). The largest absolute Gasteiger partial charge is 0.497 e. The smallest absolute Gasteiger partial charge is 0.129 e. The molecule has 0 fully saturated rings. The topological polar surface area (TPSA) is 47.0 Å². The molecule has 1 N–H and O–H groups in total. The normalized spacial score (nSPS) is 12.3. The van der Waals surface area contributed by atoms with Crippen LogP contribution >= 0.6 is 23.3 Å². The molecule has 0 bridgehead atoms. The summed E-state index contributed by atoms with van der Waals surface area (Å²) in [5.74, 6) is 0.842. The fourth-order valence-corrected chi connectivity index (χ4v) is 2.91. The van der Waals surface area contributed by atoms with Crippen LogP contribution < -0.4 is 10.1 Å². The minimum absolute atomic E-state index is 0.0979. The number of fused-ring (bicyclic) bond motifs is 1. The molecule has 4 nitrogen and oxygen atoms in total. The van der Waals surface area contributed by atoms with Crippen LogP contribution in [-0.2, 0) is 0 Å². The first-order chi connectivity index (χ1) is 10.2. The lowest BCUT2D eigenvalue weighted by molar-refractivity contribution is 0.414. The maximum atomic E-state index is 6.29. The predicted octanol–water partition coefficient (Wildman–Crippen LogP) is 4.53. The lowest BCUT2D eigenvalue weighted by Gasteiger charge is -2.17. The lowest BCUT2D eigenvalue weighted by atomic mass is 10.1. The number of hydrogen-bond donors (Lipinski definition) is 1. The van der Waals surface area contributed by atoms with E-state index >= 15 is 0 Å². The summed E-state index contributed by atoms with van der Waals surface area (Å²) in [5.41, 5.74) is 3.64. The molecule has 0 aliphatic rings. The number of benzene rings is 2. The molecule has 0 spiro atoms. The summed E-state index contributed by atoms with van der Waals surface area (Å²) in [6.07, 6.45) is 0. The zero-order valence-corrected chi connectivity index (χ0v) is 13.2. The van der Waals surface area contributed by atoms with E-state index in [-0.39, 0.29) is 6.04 Å².